The molecular formula is C5H5ClN2S. The Morgan fingerprint density at radius 3 is 2.67 bits per heavy atom. The van der Waals surface area contributed by atoms with E-state index in [4.69, 9.17) is 29.6 Å². The van der Waals surface area contributed by atoms with E-state index in [0.29, 0.717) is 15.5 Å². The Balaban J connectivity index is 3.33. The first-order valence-corrected chi connectivity index (χ1v) is 3.12. The van der Waals surface area contributed by atoms with Crippen molar-refractivity contribution in [2.24, 2.45) is 0 Å². The van der Waals surface area contributed by atoms with Crippen LogP contribution in [0.5, 0.6) is 0 Å². The van der Waals surface area contributed by atoms with Crippen molar-refractivity contribution in [1.29, 1.82) is 0 Å². The first-order chi connectivity index (χ1) is 4.18. The van der Waals surface area contributed by atoms with Crippen molar-refractivity contribution in [1.82, 2.24) is 4.98 Å². The molecule has 0 aliphatic carbocycles. The number of H-pyrrole nitrogens is 1. The molecule has 48 valence electrons. The standard InChI is InChI=1S/C5H5ClN2S/c6-4-1-3(7)2-5(9)8-4/h1-2H,(H3,7,8,9). The topological polar surface area (TPSA) is 41.8 Å². The van der Waals surface area contributed by atoms with Gasteiger partial charge in [-0.25, -0.2) is 0 Å². The van der Waals surface area contributed by atoms with Gasteiger partial charge in [0.2, 0.25) is 0 Å². The van der Waals surface area contributed by atoms with E-state index >= 15 is 0 Å². The summed E-state index contributed by atoms with van der Waals surface area (Å²) in [5.74, 6) is 0. The summed E-state index contributed by atoms with van der Waals surface area (Å²) in [5.41, 5.74) is 5.98. The third kappa shape index (κ3) is 1.69. The molecule has 3 N–H and O–H groups in total. The molecule has 0 aliphatic rings. The van der Waals surface area contributed by atoms with Gasteiger partial charge < -0.3 is 10.7 Å². The van der Waals surface area contributed by atoms with Crippen molar-refractivity contribution in [3.05, 3.63) is 21.9 Å². The van der Waals surface area contributed by atoms with E-state index in [1.807, 2.05) is 0 Å². The molecule has 0 amide bonds. The van der Waals surface area contributed by atoms with E-state index in [1.165, 1.54) is 0 Å². The van der Waals surface area contributed by atoms with Gasteiger partial charge >= 0.3 is 0 Å². The normalized spacial score (nSPS) is 9.44. The Morgan fingerprint density at radius 1 is 1.56 bits per heavy atom. The van der Waals surface area contributed by atoms with Crippen LogP contribution in [-0.4, -0.2) is 4.98 Å². The van der Waals surface area contributed by atoms with Crippen LogP contribution in [0.1, 0.15) is 0 Å². The number of anilines is 1. The molecule has 0 radical (unpaired) electrons. The molecule has 9 heavy (non-hydrogen) atoms. The Hall–Kier alpha value is -0.540. The molecule has 0 unspecified atom stereocenters. The fourth-order valence-electron chi connectivity index (χ4n) is 0.529. The van der Waals surface area contributed by atoms with Crippen LogP contribution in [0.3, 0.4) is 0 Å². The largest absolute Gasteiger partial charge is 0.399 e. The van der Waals surface area contributed by atoms with Crippen LogP contribution in [0.25, 0.3) is 0 Å². The van der Waals surface area contributed by atoms with E-state index in [2.05, 4.69) is 4.98 Å². The third-order valence-electron chi connectivity index (χ3n) is 0.834. The van der Waals surface area contributed by atoms with E-state index in [9.17, 15) is 0 Å². The zero-order chi connectivity index (χ0) is 6.85. The maximum absolute atomic E-state index is 5.55. The number of aromatic nitrogens is 1. The number of nitrogen functional groups attached to an aromatic ring is 1. The molecule has 0 saturated heterocycles. The Morgan fingerprint density at radius 2 is 2.22 bits per heavy atom. The fourth-order valence-corrected chi connectivity index (χ4v) is 1.06. The number of halogens is 1. The van der Waals surface area contributed by atoms with Gasteiger partial charge in [-0.3, -0.25) is 0 Å². The van der Waals surface area contributed by atoms with Gasteiger partial charge in [0.25, 0.3) is 0 Å². The maximum Gasteiger partial charge on any atom is 0.109 e. The van der Waals surface area contributed by atoms with Crippen LogP contribution in [0.4, 0.5) is 5.69 Å². The van der Waals surface area contributed by atoms with Crippen LogP contribution >= 0.6 is 23.8 Å². The quantitative estimate of drug-likeness (QED) is 0.450. The van der Waals surface area contributed by atoms with Crippen LogP contribution in [0.15, 0.2) is 12.1 Å². The molecule has 0 aromatic carbocycles. The predicted octanol–water partition coefficient (Wildman–Crippen LogP) is 1.98. The number of rotatable bonds is 0. The van der Waals surface area contributed by atoms with Crippen LogP contribution in [0.2, 0.25) is 5.15 Å². The smallest absolute Gasteiger partial charge is 0.109 e. The first kappa shape index (κ1) is 6.58. The zero-order valence-electron chi connectivity index (χ0n) is 4.52. The van der Waals surface area contributed by atoms with Gasteiger partial charge in [0, 0.05) is 5.69 Å². The molecule has 1 rings (SSSR count). The lowest BCUT2D eigenvalue weighted by Crippen LogP contribution is -1.85. The number of aromatic amines is 1. The summed E-state index contributed by atoms with van der Waals surface area (Å²) in [5, 5.41) is 0.472. The molecule has 1 heterocycles. The lowest BCUT2D eigenvalue weighted by atomic mass is 10.4. The minimum atomic E-state index is 0.472. The molecule has 0 aliphatic heterocycles. The van der Waals surface area contributed by atoms with Crippen molar-refractivity contribution in [2.75, 3.05) is 5.73 Å². The van der Waals surface area contributed by atoms with Gasteiger partial charge in [-0.1, -0.05) is 23.8 Å². The average Bonchev–Trinajstić information content (AvgIpc) is 1.59. The second kappa shape index (κ2) is 2.37. The second-order valence-electron chi connectivity index (χ2n) is 1.63. The average molecular weight is 161 g/mol. The summed E-state index contributed by atoms with van der Waals surface area (Å²) in [6.45, 7) is 0. The van der Waals surface area contributed by atoms with Crippen molar-refractivity contribution < 1.29 is 0 Å². The molecule has 1 aromatic heterocycles. The number of pyridine rings is 1. The highest BCUT2D eigenvalue weighted by Gasteiger charge is 1.87. The van der Waals surface area contributed by atoms with E-state index in [-0.39, 0.29) is 0 Å². The molecule has 4 heteroatoms. The fraction of sp³-hybridized carbons (Fsp3) is 0. The minimum absolute atomic E-state index is 0.472. The number of nitrogens with two attached hydrogens (primary N) is 1. The molecule has 2 nitrogen and oxygen atoms in total. The number of hydrogen-bond acceptors (Lipinski definition) is 2. The molecule has 0 fully saturated rings. The summed E-state index contributed by atoms with van der Waals surface area (Å²) < 4.78 is 0.556. The van der Waals surface area contributed by atoms with Gasteiger partial charge in [-0.05, 0) is 12.1 Å². The molecular weight excluding hydrogens is 156 g/mol. The maximum atomic E-state index is 5.55. The van der Waals surface area contributed by atoms with Gasteiger partial charge in [-0.2, -0.15) is 0 Å². The van der Waals surface area contributed by atoms with Crippen molar-refractivity contribution in [3.63, 3.8) is 0 Å². The van der Waals surface area contributed by atoms with Gasteiger partial charge in [0.15, 0.2) is 0 Å². The molecule has 0 spiro atoms. The van der Waals surface area contributed by atoms with Crippen molar-refractivity contribution in [3.8, 4) is 0 Å². The summed E-state index contributed by atoms with van der Waals surface area (Å²) in [4.78, 5) is 2.71. The van der Waals surface area contributed by atoms with Gasteiger partial charge in [-0.15, -0.1) is 0 Å². The Labute approximate surface area is 62.7 Å². The summed E-state index contributed by atoms with van der Waals surface area (Å²) in [6, 6.07) is 3.25. The van der Waals surface area contributed by atoms with E-state index in [1.54, 1.807) is 12.1 Å². The summed E-state index contributed by atoms with van der Waals surface area (Å²) >= 11 is 10.3. The molecule has 1 aromatic rings. The third-order valence-corrected chi connectivity index (χ3v) is 1.26. The lowest BCUT2D eigenvalue weighted by Gasteiger charge is -1.91. The monoisotopic (exact) mass is 160 g/mol. The Bertz CT molecular complexity index is 245. The Kier molecular flexibility index (Phi) is 1.73. The van der Waals surface area contributed by atoms with Gasteiger partial charge in [0.05, 0.1) is 0 Å². The number of hydrogen-bond donors (Lipinski definition) is 2. The van der Waals surface area contributed by atoms with E-state index < -0.39 is 0 Å². The van der Waals surface area contributed by atoms with Crippen molar-refractivity contribution in [2.45, 2.75) is 0 Å². The SMILES string of the molecule is Nc1cc(Cl)[nH]c(=S)c1. The highest BCUT2D eigenvalue weighted by atomic mass is 35.5. The number of nitrogens with one attached hydrogen (secondary N) is 1. The van der Waals surface area contributed by atoms with E-state index in [0.717, 1.165) is 0 Å². The zero-order valence-corrected chi connectivity index (χ0v) is 6.09. The highest BCUT2D eigenvalue weighted by Crippen LogP contribution is 2.08. The van der Waals surface area contributed by atoms with Gasteiger partial charge in [0.1, 0.15) is 9.79 Å². The molecule has 0 atom stereocenters. The van der Waals surface area contributed by atoms with Crippen LogP contribution < -0.4 is 5.73 Å². The summed E-state index contributed by atoms with van der Waals surface area (Å²) in [6.07, 6.45) is 0. The lowest BCUT2D eigenvalue weighted by molar-refractivity contribution is 1.30. The van der Waals surface area contributed by atoms with Crippen molar-refractivity contribution >= 4 is 29.5 Å². The highest BCUT2D eigenvalue weighted by molar-refractivity contribution is 7.71. The predicted molar refractivity (Wildman–Crippen MR) is 41.0 cm³/mol. The first-order valence-electron chi connectivity index (χ1n) is 2.34. The summed E-state index contributed by atoms with van der Waals surface area (Å²) in [7, 11) is 0. The molecule has 0 saturated carbocycles. The van der Waals surface area contributed by atoms with Crippen LogP contribution in [-0.2, 0) is 0 Å². The van der Waals surface area contributed by atoms with Crippen LogP contribution in [0, 0.1) is 4.64 Å². The second-order valence-corrected chi connectivity index (χ2v) is 2.47. The minimum Gasteiger partial charge on any atom is -0.399 e. The molecule has 0 bridgehead atoms.